The zero-order valence-electron chi connectivity index (χ0n) is 13.3. The summed E-state index contributed by atoms with van der Waals surface area (Å²) in [6.45, 7) is 2.38. The van der Waals surface area contributed by atoms with Gasteiger partial charge in [0.1, 0.15) is 0 Å². The number of hydrogen-bond donors (Lipinski definition) is 2. The van der Waals surface area contributed by atoms with Gasteiger partial charge in [0, 0.05) is 17.8 Å². The number of benzene rings is 2. The van der Waals surface area contributed by atoms with E-state index < -0.39 is 0 Å². The van der Waals surface area contributed by atoms with Crippen molar-refractivity contribution in [1.82, 2.24) is 5.32 Å². The Labute approximate surface area is 136 Å². The van der Waals surface area contributed by atoms with Gasteiger partial charge in [-0.15, -0.1) is 0 Å². The van der Waals surface area contributed by atoms with Gasteiger partial charge in [-0.05, 0) is 37.5 Å². The fraction of sp³-hybridized carbons (Fsp3) is 0.263. The first kappa shape index (κ1) is 16.7. The highest BCUT2D eigenvalue weighted by molar-refractivity contribution is 5.95. The highest BCUT2D eigenvalue weighted by Gasteiger charge is 2.03. The molecule has 120 valence electrons. The van der Waals surface area contributed by atoms with E-state index in [4.69, 9.17) is 0 Å². The number of aryl methyl sites for hydroxylation is 1. The molecule has 2 aromatic rings. The third-order valence-electron chi connectivity index (χ3n) is 3.53. The molecule has 0 radical (unpaired) electrons. The van der Waals surface area contributed by atoms with E-state index in [1.807, 2.05) is 24.3 Å². The number of carbonyl (C=O) groups is 2. The Kier molecular flexibility index (Phi) is 6.36. The van der Waals surface area contributed by atoms with E-state index in [0.29, 0.717) is 12.1 Å². The maximum Gasteiger partial charge on any atom is 0.239 e. The average Bonchev–Trinajstić information content (AvgIpc) is 2.58. The Morgan fingerprint density at radius 2 is 1.78 bits per heavy atom. The zero-order valence-corrected chi connectivity index (χ0v) is 13.3. The summed E-state index contributed by atoms with van der Waals surface area (Å²) in [5, 5.41) is 5.93. The van der Waals surface area contributed by atoms with Crippen molar-refractivity contribution in [1.29, 1.82) is 0 Å². The van der Waals surface area contributed by atoms with Crippen LogP contribution in [0.1, 0.15) is 29.3 Å². The number of hydrogen-bond acceptors (Lipinski definition) is 3. The Bertz CT molecular complexity index is 653. The van der Waals surface area contributed by atoms with Crippen molar-refractivity contribution in [3.05, 3.63) is 65.7 Å². The Morgan fingerprint density at radius 3 is 2.52 bits per heavy atom. The minimum Gasteiger partial charge on any atom is -0.376 e. The second-order valence-corrected chi connectivity index (χ2v) is 5.43. The van der Waals surface area contributed by atoms with Crippen molar-refractivity contribution in [3.63, 3.8) is 0 Å². The van der Waals surface area contributed by atoms with Crippen LogP contribution in [0.5, 0.6) is 0 Å². The lowest BCUT2D eigenvalue weighted by molar-refractivity contribution is -0.119. The molecule has 0 spiro atoms. The number of anilines is 1. The Hall–Kier alpha value is -2.62. The van der Waals surface area contributed by atoms with Gasteiger partial charge in [-0.2, -0.15) is 0 Å². The first-order valence-electron chi connectivity index (χ1n) is 7.80. The Balaban J connectivity index is 1.67. The largest absolute Gasteiger partial charge is 0.376 e. The molecule has 23 heavy (non-hydrogen) atoms. The number of Topliss-reactive ketones (excluding diaryl/α,β-unsaturated/α-hetero) is 1. The fourth-order valence-electron chi connectivity index (χ4n) is 2.26. The van der Waals surface area contributed by atoms with Crippen LogP contribution in [0.15, 0.2) is 54.6 Å². The molecule has 1 amide bonds. The van der Waals surface area contributed by atoms with Crippen molar-refractivity contribution < 1.29 is 9.59 Å². The molecule has 2 rings (SSSR count). The third kappa shape index (κ3) is 5.94. The molecule has 0 atom stereocenters. The topological polar surface area (TPSA) is 58.2 Å². The van der Waals surface area contributed by atoms with Crippen molar-refractivity contribution in [2.24, 2.45) is 0 Å². The van der Waals surface area contributed by atoms with Gasteiger partial charge in [-0.1, -0.05) is 42.5 Å². The molecule has 0 aliphatic heterocycles. The lowest BCUT2D eigenvalue weighted by atomic mass is 10.1. The predicted molar refractivity (Wildman–Crippen MR) is 92.7 cm³/mol. The molecule has 0 saturated heterocycles. The Morgan fingerprint density at radius 1 is 1.00 bits per heavy atom. The summed E-state index contributed by atoms with van der Waals surface area (Å²) in [6.07, 6.45) is 1.87. The summed E-state index contributed by atoms with van der Waals surface area (Å²) < 4.78 is 0. The maximum absolute atomic E-state index is 11.8. The quantitative estimate of drug-likeness (QED) is 0.582. The monoisotopic (exact) mass is 310 g/mol. The predicted octanol–water partition coefficient (Wildman–Crippen LogP) is 3.05. The summed E-state index contributed by atoms with van der Waals surface area (Å²) in [7, 11) is 0. The number of carbonyl (C=O) groups excluding carboxylic acids is 2. The number of amides is 1. The van der Waals surface area contributed by atoms with Gasteiger partial charge in [0.25, 0.3) is 0 Å². The molecule has 0 unspecified atom stereocenters. The minimum absolute atomic E-state index is 0.0130. The van der Waals surface area contributed by atoms with E-state index in [1.54, 1.807) is 18.2 Å². The molecule has 0 aromatic heterocycles. The molecular formula is C19H22N2O2. The lowest BCUT2D eigenvalue weighted by Gasteiger charge is -2.08. The highest BCUT2D eigenvalue weighted by Crippen LogP contribution is 2.10. The van der Waals surface area contributed by atoms with Crippen molar-refractivity contribution in [2.75, 3.05) is 18.4 Å². The second kappa shape index (κ2) is 8.73. The van der Waals surface area contributed by atoms with E-state index in [-0.39, 0.29) is 18.2 Å². The van der Waals surface area contributed by atoms with Crippen molar-refractivity contribution in [3.8, 4) is 0 Å². The summed E-state index contributed by atoms with van der Waals surface area (Å²) in [5.74, 6) is -0.0368. The molecule has 0 fully saturated rings. The van der Waals surface area contributed by atoms with Crippen LogP contribution in [-0.4, -0.2) is 24.8 Å². The van der Waals surface area contributed by atoms with E-state index in [0.717, 1.165) is 18.5 Å². The molecule has 0 saturated carbocycles. The average molecular weight is 310 g/mol. The van der Waals surface area contributed by atoms with Crippen molar-refractivity contribution in [2.45, 2.75) is 19.8 Å². The van der Waals surface area contributed by atoms with E-state index >= 15 is 0 Å². The summed E-state index contributed by atoms with van der Waals surface area (Å²) >= 11 is 0. The molecular weight excluding hydrogens is 288 g/mol. The van der Waals surface area contributed by atoms with E-state index in [1.165, 1.54) is 12.5 Å². The SMILES string of the molecule is CC(=O)c1cccc(NCC(=O)NCCCc2ccccc2)c1. The van der Waals surface area contributed by atoms with Crippen LogP contribution in [-0.2, 0) is 11.2 Å². The molecule has 0 aliphatic rings. The van der Waals surface area contributed by atoms with Gasteiger partial charge in [-0.3, -0.25) is 9.59 Å². The summed E-state index contributed by atoms with van der Waals surface area (Å²) in [4.78, 5) is 23.1. The number of nitrogens with one attached hydrogen (secondary N) is 2. The first-order chi connectivity index (χ1) is 11.1. The number of rotatable bonds is 8. The number of ketones is 1. The van der Waals surface area contributed by atoms with E-state index in [2.05, 4.69) is 22.8 Å². The smallest absolute Gasteiger partial charge is 0.239 e. The molecule has 0 heterocycles. The molecule has 2 N–H and O–H groups in total. The van der Waals surface area contributed by atoms with Crippen molar-refractivity contribution >= 4 is 17.4 Å². The maximum atomic E-state index is 11.8. The molecule has 2 aromatic carbocycles. The molecule has 4 nitrogen and oxygen atoms in total. The van der Waals surface area contributed by atoms with E-state index in [9.17, 15) is 9.59 Å². The van der Waals surface area contributed by atoms with Crippen LogP contribution in [0.25, 0.3) is 0 Å². The zero-order chi connectivity index (χ0) is 16.5. The first-order valence-corrected chi connectivity index (χ1v) is 7.80. The van der Waals surface area contributed by atoms with Gasteiger partial charge in [0.2, 0.25) is 5.91 Å². The minimum atomic E-state index is -0.0497. The van der Waals surface area contributed by atoms with Gasteiger partial charge in [0.05, 0.1) is 6.54 Å². The van der Waals surface area contributed by atoms with Gasteiger partial charge in [0.15, 0.2) is 5.78 Å². The third-order valence-corrected chi connectivity index (χ3v) is 3.53. The molecule has 4 heteroatoms. The fourth-order valence-corrected chi connectivity index (χ4v) is 2.26. The second-order valence-electron chi connectivity index (χ2n) is 5.43. The van der Waals surface area contributed by atoms with Crippen LogP contribution in [0.4, 0.5) is 5.69 Å². The standard InChI is InChI=1S/C19H22N2O2/c1-15(22)17-10-5-11-18(13-17)21-14-19(23)20-12-6-9-16-7-3-2-4-8-16/h2-5,7-8,10-11,13,21H,6,9,12,14H2,1H3,(H,20,23). The van der Waals surface area contributed by atoms with Gasteiger partial charge in [-0.25, -0.2) is 0 Å². The summed E-state index contributed by atoms with van der Waals surface area (Å²) in [6, 6.07) is 17.4. The van der Waals surface area contributed by atoms with Crippen LogP contribution in [0.2, 0.25) is 0 Å². The van der Waals surface area contributed by atoms with Crippen LogP contribution < -0.4 is 10.6 Å². The van der Waals surface area contributed by atoms with Crippen LogP contribution in [0, 0.1) is 0 Å². The highest BCUT2D eigenvalue weighted by atomic mass is 16.2. The van der Waals surface area contributed by atoms with Gasteiger partial charge >= 0.3 is 0 Å². The van der Waals surface area contributed by atoms with Gasteiger partial charge < -0.3 is 10.6 Å². The van der Waals surface area contributed by atoms with Crippen LogP contribution in [0.3, 0.4) is 0 Å². The summed E-state index contributed by atoms with van der Waals surface area (Å²) in [5.41, 5.74) is 2.69. The molecule has 0 aliphatic carbocycles. The normalized spacial score (nSPS) is 10.1. The molecule has 0 bridgehead atoms. The lowest BCUT2D eigenvalue weighted by Crippen LogP contribution is -2.30. The van der Waals surface area contributed by atoms with Crippen LogP contribution >= 0.6 is 0 Å².